The van der Waals surface area contributed by atoms with E-state index in [0.717, 1.165) is 12.5 Å². The van der Waals surface area contributed by atoms with E-state index in [1.165, 1.54) is 38.5 Å². The maximum Gasteiger partial charge on any atom is 0.219 e. The fraction of sp³-hybridized carbons (Fsp3) is 0.714. The number of anilines is 1. The summed E-state index contributed by atoms with van der Waals surface area (Å²) in [5, 5.41) is 13.3. The summed E-state index contributed by atoms with van der Waals surface area (Å²) in [5.74, 6) is 1.11. The van der Waals surface area contributed by atoms with E-state index in [1.54, 1.807) is 12.4 Å². The molecule has 1 unspecified atom stereocenters. The molecule has 1 aliphatic rings. The van der Waals surface area contributed by atoms with Crippen LogP contribution in [0.15, 0.2) is 12.4 Å². The van der Waals surface area contributed by atoms with Gasteiger partial charge in [-0.3, -0.25) is 0 Å². The SMILES string of the molecule is Nc1ncc(C(O)CNCCC2CCCCC2)cn1. The second-order valence-electron chi connectivity index (χ2n) is 5.39. The van der Waals surface area contributed by atoms with E-state index in [4.69, 9.17) is 5.73 Å². The molecule has 0 amide bonds. The molecule has 1 aromatic heterocycles. The summed E-state index contributed by atoms with van der Waals surface area (Å²) in [7, 11) is 0. The summed E-state index contributed by atoms with van der Waals surface area (Å²) in [6, 6.07) is 0. The van der Waals surface area contributed by atoms with Gasteiger partial charge in [-0.25, -0.2) is 9.97 Å². The van der Waals surface area contributed by atoms with E-state index in [2.05, 4.69) is 15.3 Å². The Morgan fingerprint density at radius 2 is 1.95 bits per heavy atom. The molecule has 0 spiro atoms. The zero-order chi connectivity index (χ0) is 13.5. The van der Waals surface area contributed by atoms with Crippen LogP contribution in [0.4, 0.5) is 5.95 Å². The van der Waals surface area contributed by atoms with Gasteiger partial charge in [0.25, 0.3) is 0 Å². The Hall–Kier alpha value is -1.20. The van der Waals surface area contributed by atoms with Crippen molar-refractivity contribution >= 4 is 5.95 Å². The van der Waals surface area contributed by atoms with Crippen molar-refractivity contribution in [3.05, 3.63) is 18.0 Å². The summed E-state index contributed by atoms with van der Waals surface area (Å²) in [4.78, 5) is 7.76. The molecule has 0 aliphatic heterocycles. The first kappa shape index (κ1) is 14.2. The minimum absolute atomic E-state index is 0.237. The van der Waals surface area contributed by atoms with Crippen molar-refractivity contribution in [2.45, 2.75) is 44.6 Å². The summed E-state index contributed by atoms with van der Waals surface area (Å²) in [6.45, 7) is 1.51. The molecule has 0 saturated heterocycles. The van der Waals surface area contributed by atoms with E-state index < -0.39 is 6.10 Å². The molecule has 0 aromatic carbocycles. The third-order valence-electron chi connectivity index (χ3n) is 3.87. The van der Waals surface area contributed by atoms with Crippen LogP contribution >= 0.6 is 0 Å². The predicted molar refractivity (Wildman–Crippen MR) is 75.5 cm³/mol. The Labute approximate surface area is 114 Å². The number of nitrogens with zero attached hydrogens (tertiary/aromatic N) is 2. The van der Waals surface area contributed by atoms with Gasteiger partial charge in [0.05, 0.1) is 6.10 Å². The number of nitrogens with one attached hydrogen (secondary N) is 1. The molecule has 1 fully saturated rings. The monoisotopic (exact) mass is 264 g/mol. The van der Waals surface area contributed by atoms with Crippen molar-refractivity contribution in [3.63, 3.8) is 0 Å². The summed E-state index contributed by atoms with van der Waals surface area (Å²) >= 11 is 0. The molecule has 1 saturated carbocycles. The van der Waals surface area contributed by atoms with Gasteiger partial charge in [-0.15, -0.1) is 0 Å². The predicted octanol–water partition coefficient (Wildman–Crippen LogP) is 1.65. The number of aliphatic hydroxyl groups is 1. The van der Waals surface area contributed by atoms with Crippen molar-refractivity contribution in [1.29, 1.82) is 0 Å². The molecule has 1 atom stereocenters. The van der Waals surface area contributed by atoms with Crippen LogP contribution in [0.2, 0.25) is 0 Å². The summed E-state index contributed by atoms with van der Waals surface area (Å²) < 4.78 is 0. The van der Waals surface area contributed by atoms with Gasteiger partial charge in [-0.05, 0) is 18.9 Å². The Morgan fingerprint density at radius 3 is 2.63 bits per heavy atom. The molecule has 1 heterocycles. The Morgan fingerprint density at radius 1 is 1.26 bits per heavy atom. The first-order chi connectivity index (χ1) is 9.25. The van der Waals surface area contributed by atoms with Crippen LogP contribution in [0, 0.1) is 5.92 Å². The highest BCUT2D eigenvalue weighted by Crippen LogP contribution is 2.25. The standard InChI is InChI=1S/C14H24N4O/c15-14-17-8-12(9-18-14)13(19)10-16-7-6-11-4-2-1-3-5-11/h8-9,11,13,16,19H,1-7,10H2,(H2,15,17,18). The molecule has 106 valence electrons. The van der Waals surface area contributed by atoms with Gasteiger partial charge in [0, 0.05) is 24.5 Å². The van der Waals surface area contributed by atoms with Crippen molar-refractivity contribution in [1.82, 2.24) is 15.3 Å². The van der Waals surface area contributed by atoms with Gasteiger partial charge >= 0.3 is 0 Å². The van der Waals surface area contributed by atoms with Crippen molar-refractivity contribution in [3.8, 4) is 0 Å². The van der Waals surface area contributed by atoms with Crippen LogP contribution < -0.4 is 11.1 Å². The fourth-order valence-electron chi connectivity index (χ4n) is 2.66. The number of rotatable bonds is 6. The molecule has 0 radical (unpaired) electrons. The maximum absolute atomic E-state index is 9.97. The zero-order valence-electron chi connectivity index (χ0n) is 11.4. The highest BCUT2D eigenvalue weighted by molar-refractivity contribution is 5.18. The fourth-order valence-corrected chi connectivity index (χ4v) is 2.66. The van der Waals surface area contributed by atoms with Gasteiger partial charge in [0.2, 0.25) is 5.95 Å². The van der Waals surface area contributed by atoms with Crippen LogP contribution in [-0.2, 0) is 0 Å². The Balaban J connectivity index is 1.63. The lowest BCUT2D eigenvalue weighted by Crippen LogP contribution is -2.24. The van der Waals surface area contributed by atoms with Crippen molar-refractivity contribution < 1.29 is 5.11 Å². The van der Waals surface area contributed by atoms with Crippen LogP contribution in [0.1, 0.15) is 50.2 Å². The van der Waals surface area contributed by atoms with Gasteiger partial charge in [-0.2, -0.15) is 0 Å². The molecule has 2 rings (SSSR count). The Kier molecular flexibility index (Phi) is 5.54. The van der Waals surface area contributed by atoms with E-state index in [-0.39, 0.29) is 5.95 Å². The molecule has 5 heteroatoms. The molecule has 0 bridgehead atoms. The van der Waals surface area contributed by atoms with E-state index >= 15 is 0 Å². The molecular weight excluding hydrogens is 240 g/mol. The van der Waals surface area contributed by atoms with Crippen LogP contribution in [0.3, 0.4) is 0 Å². The largest absolute Gasteiger partial charge is 0.387 e. The average Bonchev–Trinajstić information content (AvgIpc) is 2.45. The molecule has 1 aromatic rings. The second-order valence-corrected chi connectivity index (χ2v) is 5.39. The van der Waals surface area contributed by atoms with Gasteiger partial charge < -0.3 is 16.2 Å². The quantitative estimate of drug-likeness (QED) is 0.680. The molecular formula is C14H24N4O. The lowest BCUT2D eigenvalue weighted by molar-refractivity contribution is 0.172. The highest BCUT2D eigenvalue weighted by atomic mass is 16.3. The number of hydrogen-bond donors (Lipinski definition) is 3. The first-order valence-corrected chi connectivity index (χ1v) is 7.22. The van der Waals surface area contributed by atoms with Crippen molar-refractivity contribution in [2.75, 3.05) is 18.8 Å². The van der Waals surface area contributed by atoms with Crippen molar-refractivity contribution in [2.24, 2.45) is 5.92 Å². The van der Waals surface area contributed by atoms with Gasteiger partial charge in [0.1, 0.15) is 0 Å². The molecule has 19 heavy (non-hydrogen) atoms. The molecule has 5 nitrogen and oxygen atoms in total. The van der Waals surface area contributed by atoms with E-state index in [1.807, 2.05) is 0 Å². The maximum atomic E-state index is 9.97. The number of nitrogen functional groups attached to an aromatic ring is 1. The molecule has 4 N–H and O–H groups in total. The minimum atomic E-state index is -0.563. The topological polar surface area (TPSA) is 84.1 Å². The summed E-state index contributed by atoms with van der Waals surface area (Å²) in [5.41, 5.74) is 6.12. The van der Waals surface area contributed by atoms with Gasteiger partial charge in [-0.1, -0.05) is 32.1 Å². The highest BCUT2D eigenvalue weighted by Gasteiger charge is 2.13. The van der Waals surface area contributed by atoms with Crippen LogP contribution in [-0.4, -0.2) is 28.2 Å². The lowest BCUT2D eigenvalue weighted by atomic mass is 9.87. The lowest BCUT2D eigenvalue weighted by Gasteiger charge is -2.21. The smallest absolute Gasteiger partial charge is 0.219 e. The number of aromatic nitrogens is 2. The van der Waals surface area contributed by atoms with E-state index in [9.17, 15) is 5.11 Å². The Bertz CT molecular complexity index is 362. The third-order valence-corrected chi connectivity index (χ3v) is 3.87. The number of aliphatic hydroxyl groups excluding tert-OH is 1. The zero-order valence-corrected chi connectivity index (χ0v) is 11.4. The average molecular weight is 264 g/mol. The number of nitrogens with two attached hydrogens (primary N) is 1. The third kappa shape index (κ3) is 4.76. The molecule has 1 aliphatic carbocycles. The summed E-state index contributed by atoms with van der Waals surface area (Å²) in [6.07, 6.45) is 10.7. The van der Waals surface area contributed by atoms with E-state index in [0.29, 0.717) is 12.1 Å². The normalized spacial score (nSPS) is 18.4. The van der Waals surface area contributed by atoms with Gasteiger partial charge in [0.15, 0.2) is 0 Å². The first-order valence-electron chi connectivity index (χ1n) is 7.22. The number of hydrogen-bond acceptors (Lipinski definition) is 5. The minimum Gasteiger partial charge on any atom is -0.387 e. The van der Waals surface area contributed by atoms with Crippen LogP contribution in [0.25, 0.3) is 0 Å². The second kappa shape index (κ2) is 7.40. The van der Waals surface area contributed by atoms with Crippen LogP contribution in [0.5, 0.6) is 0 Å².